The van der Waals surface area contributed by atoms with Crippen LogP contribution in [0.25, 0.3) is 0 Å². The van der Waals surface area contributed by atoms with Gasteiger partial charge in [-0.25, -0.2) is 4.79 Å². The molecule has 8 nitrogen and oxygen atoms in total. The molecule has 0 radical (unpaired) electrons. The minimum Gasteiger partial charge on any atom is -0.454 e. The third kappa shape index (κ3) is 5.52. The highest BCUT2D eigenvalue weighted by Gasteiger charge is 2.22. The second-order valence-corrected chi connectivity index (χ2v) is 6.53. The maximum Gasteiger partial charge on any atom is 0.412 e. The van der Waals surface area contributed by atoms with Crippen molar-refractivity contribution in [3.05, 3.63) is 23.8 Å². The Morgan fingerprint density at radius 2 is 1.81 bits per heavy atom. The van der Waals surface area contributed by atoms with Gasteiger partial charge in [-0.3, -0.25) is 9.69 Å². The number of hydrogen-bond acceptors (Lipinski definition) is 7. The van der Waals surface area contributed by atoms with Crippen molar-refractivity contribution in [3.63, 3.8) is 0 Å². The highest BCUT2D eigenvalue weighted by molar-refractivity contribution is 5.72. The minimum absolute atomic E-state index is 0.118. The summed E-state index contributed by atoms with van der Waals surface area (Å²) in [6.07, 6.45) is -0.879. The van der Waals surface area contributed by atoms with Crippen molar-refractivity contribution >= 4 is 12.1 Å². The molecule has 0 saturated carbocycles. The van der Waals surface area contributed by atoms with Crippen molar-refractivity contribution in [1.82, 2.24) is 9.80 Å². The number of esters is 1. The van der Waals surface area contributed by atoms with Gasteiger partial charge in [-0.1, -0.05) is 6.07 Å². The summed E-state index contributed by atoms with van der Waals surface area (Å²) >= 11 is 0. The number of hydrogen-bond donors (Lipinski definition) is 0. The summed E-state index contributed by atoms with van der Waals surface area (Å²) in [6.45, 7) is 3.78. The van der Waals surface area contributed by atoms with Crippen LogP contribution in [0.15, 0.2) is 18.2 Å². The molecule has 0 spiro atoms. The quantitative estimate of drug-likeness (QED) is 0.538. The maximum atomic E-state index is 12.2. The number of benzene rings is 1. The third-order valence-electron chi connectivity index (χ3n) is 3.93. The topological polar surface area (TPSA) is 77.5 Å². The number of carbonyl (C=O) groups is 2. The molecule has 1 heterocycles. The first kappa shape index (κ1) is 19.8. The molecule has 1 aliphatic heterocycles. The van der Waals surface area contributed by atoms with Gasteiger partial charge in [0.2, 0.25) is 13.1 Å². The molecule has 1 aromatic rings. The van der Waals surface area contributed by atoms with E-state index in [9.17, 15) is 9.59 Å². The molecule has 0 saturated heterocycles. The Kier molecular flexibility index (Phi) is 6.68. The molecule has 1 amide bonds. The Hall–Kier alpha value is -2.48. The molecular weight excluding hydrogens is 340 g/mol. The van der Waals surface area contributed by atoms with Crippen LogP contribution in [0.4, 0.5) is 4.79 Å². The van der Waals surface area contributed by atoms with Crippen LogP contribution in [-0.4, -0.2) is 68.7 Å². The van der Waals surface area contributed by atoms with E-state index in [1.54, 1.807) is 26.0 Å². The minimum atomic E-state index is -0.949. The van der Waals surface area contributed by atoms with Gasteiger partial charge in [-0.2, -0.15) is 0 Å². The highest BCUT2D eigenvalue weighted by atomic mass is 16.7. The Morgan fingerprint density at radius 1 is 1.12 bits per heavy atom. The monoisotopic (exact) mass is 366 g/mol. The number of carbonyl (C=O) groups excluding carboxylic acids is 2. The molecule has 0 fully saturated rings. The molecule has 2 rings (SSSR count). The number of rotatable bonds is 7. The lowest BCUT2D eigenvalue weighted by Crippen LogP contribution is -2.39. The number of likely N-dealkylation sites (N-methyl/N-ethyl adjacent to an activating group) is 2. The summed E-state index contributed by atoms with van der Waals surface area (Å²) in [4.78, 5) is 27.0. The van der Waals surface area contributed by atoms with Crippen molar-refractivity contribution in [1.29, 1.82) is 0 Å². The molecule has 0 aliphatic carbocycles. The van der Waals surface area contributed by atoms with Crippen molar-refractivity contribution in [2.75, 3.05) is 34.5 Å². The van der Waals surface area contributed by atoms with Crippen LogP contribution in [0, 0.1) is 0 Å². The first-order valence-electron chi connectivity index (χ1n) is 8.42. The fraction of sp³-hybridized carbons (Fsp3) is 0.556. The lowest BCUT2D eigenvalue weighted by Gasteiger charge is -2.26. The summed E-state index contributed by atoms with van der Waals surface area (Å²) in [7, 11) is 5.15. The first-order valence-corrected chi connectivity index (χ1v) is 8.42. The number of nitrogens with zero attached hydrogens (tertiary/aromatic N) is 2. The van der Waals surface area contributed by atoms with Gasteiger partial charge < -0.3 is 23.8 Å². The van der Waals surface area contributed by atoms with Crippen molar-refractivity contribution in [2.24, 2.45) is 0 Å². The fourth-order valence-corrected chi connectivity index (χ4v) is 2.46. The first-order chi connectivity index (χ1) is 12.3. The molecule has 1 aromatic carbocycles. The van der Waals surface area contributed by atoms with E-state index in [2.05, 4.69) is 0 Å². The molecular formula is C18H26N2O6. The second-order valence-electron chi connectivity index (χ2n) is 6.53. The van der Waals surface area contributed by atoms with Gasteiger partial charge in [0, 0.05) is 20.0 Å². The van der Waals surface area contributed by atoms with Crippen molar-refractivity contribution in [3.8, 4) is 11.5 Å². The predicted octanol–water partition coefficient (Wildman–Crippen LogP) is 1.87. The predicted molar refractivity (Wildman–Crippen MR) is 94.1 cm³/mol. The van der Waals surface area contributed by atoms with Crippen LogP contribution in [0.5, 0.6) is 11.5 Å². The lowest BCUT2D eigenvalue weighted by molar-refractivity contribution is -0.166. The van der Waals surface area contributed by atoms with E-state index in [0.717, 1.165) is 11.3 Å². The van der Waals surface area contributed by atoms with Gasteiger partial charge in [0.05, 0.1) is 6.54 Å². The molecule has 0 aromatic heterocycles. The van der Waals surface area contributed by atoms with E-state index >= 15 is 0 Å². The van der Waals surface area contributed by atoms with Crippen LogP contribution in [0.3, 0.4) is 0 Å². The third-order valence-corrected chi connectivity index (χ3v) is 3.93. The molecule has 2 unspecified atom stereocenters. The SMILES string of the molecule is CC(OC(=O)CN(C)C)OC(=O)N(C)C(C)Cc1ccc2c(c1)OCO2. The summed E-state index contributed by atoms with van der Waals surface area (Å²) in [5.41, 5.74) is 1.02. The van der Waals surface area contributed by atoms with Crippen molar-refractivity contribution < 1.29 is 28.5 Å². The average Bonchev–Trinajstić information content (AvgIpc) is 3.00. The van der Waals surface area contributed by atoms with Gasteiger partial charge in [-0.15, -0.1) is 0 Å². The molecule has 8 heteroatoms. The Morgan fingerprint density at radius 3 is 2.50 bits per heavy atom. The maximum absolute atomic E-state index is 12.2. The van der Waals surface area contributed by atoms with Gasteiger partial charge in [-0.05, 0) is 45.1 Å². The molecule has 144 valence electrons. The standard InChI is InChI=1S/C18H26N2O6/c1-12(8-14-6-7-15-16(9-14)24-11-23-15)20(5)18(22)26-13(2)25-17(21)10-19(3)4/h6-7,9,12-13H,8,10-11H2,1-5H3. The number of ether oxygens (including phenoxy) is 4. The van der Waals surface area contributed by atoms with Crippen molar-refractivity contribution in [2.45, 2.75) is 32.6 Å². The Bertz CT molecular complexity index is 649. The smallest absolute Gasteiger partial charge is 0.412 e. The van der Waals surface area contributed by atoms with Crippen LogP contribution in [0.2, 0.25) is 0 Å². The summed E-state index contributed by atoms with van der Waals surface area (Å²) in [6, 6.07) is 5.58. The Balaban J connectivity index is 1.83. The molecule has 26 heavy (non-hydrogen) atoms. The van der Waals surface area contributed by atoms with Gasteiger partial charge >= 0.3 is 12.1 Å². The molecule has 2 atom stereocenters. The van der Waals surface area contributed by atoms with E-state index in [-0.39, 0.29) is 19.4 Å². The van der Waals surface area contributed by atoms with Gasteiger partial charge in [0.25, 0.3) is 0 Å². The zero-order valence-corrected chi connectivity index (χ0v) is 15.9. The number of fused-ring (bicyclic) bond motifs is 1. The Labute approximate surface area is 153 Å². The normalized spacial score (nSPS) is 14.7. The fourth-order valence-electron chi connectivity index (χ4n) is 2.46. The van der Waals surface area contributed by atoms with E-state index in [0.29, 0.717) is 12.2 Å². The zero-order chi connectivity index (χ0) is 19.3. The highest BCUT2D eigenvalue weighted by Crippen LogP contribution is 2.32. The van der Waals surface area contributed by atoms with E-state index < -0.39 is 18.4 Å². The van der Waals surface area contributed by atoms with E-state index in [4.69, 9.17) is 18.9 Å². The number of amides is 1. The lowest BCUT2D eigenvalue weighted by atomic mass is 10.1. The van der Waals surface area contributed by atoms with Crippen LogP contribution in [-0.2, 0) is 20.7 Å². The van der Waals surface area contributed by atoms with Crippen LogP contribution < -0.4 is 9.47 Å². The summed E-state index contributed by atoms with van der Waals surface area (Å²) in [5.74, 6) is 0.982. The van der Waals surface area contributed by atoms with Gasteiger partial charge in [0.1, 0.15) is 0 Å². The largest absolute Gasteiger partial charge is 0.454 e. The van der Waals surface area contributed by atoms with E-state index in [1.165, 1.54) is 11.8 Å². The summed E-state index contributed by atoms with van der Waals surface area (Å²) in [5, 5.41) is 0. The zero-order valence-electron chi connectivity index (χ0n) is 15.9. The average molecular weight is 366 g/mol. The van der Waals surface area contributed by atoms with Crippen LogP contribution in [0.1, 0.15) is 19.4 Å². The molecule has 1 aliphatic rings. The summed E-state index contributed by atoms with van der Waals surface area (Å²) < 4.78 is 20.9. The van der Waals surface area contributed by atoms with E-state index in [1.807, 2.05) is 25.1 Å². The second kappa shape index (κ2) is 8.75. The molecule has 0 N–H and O–H groups in total. The molecule has 0 bridgehead atoms. The van der Waals surface area contributed by atoms with Gasteiger partial charge in [0.15, 0.2) is 11.5 Å². The van der Waals surface area contributed by atoms with Crippen LogP contribution >= 0.6 is 0 Å².